The molecule has 2 aliphatic rings. The Morgan fingerprint density at radius 2 is 1.97 bits per heavy atom. The van der Waals surface area contributed by atoms with Gasteiger partial charge in [-0.2, -0.15) is 0 Å². The molecule has 10 heteroatoms. The Bertz CT molecular complexity index is 1330. The van der Waals surface area contributed by atoms with Crippen molar-refractivity contribution in [3.05, 3.63) is 51.9 Å². The Balaban J connectivity index is 1.43. The minimum atomic E-state index is -0.916. The van der Waals surface area contributed by atoms with E-state index in [1.165, 1.54) is 0 Å². The molecule has 0 saturated carbocycles. The molecule has 3 atom stereocenters. The maximum Gasteiger partial charge on any atom is 0.326 e. The van der Waals surface area contributed by atoms with Crippen LogP contribution in [0.4, 0.5) is 0 Å². The Hall–Kier alpha value is -3.05. The van der Waals surface area contributed by atoms with E-state index in [4.69, 9.17) is 19.2 Å². The van der Waals surface area contributed by atoms with E-state index >= 15 is 0 Å². The van der Waals surface area contributed by atoms with E-state index in [0.717, 1.165) is 40.8 Å². The highest BCUT2D eigenvalue weighted by Crippen LogP contribution is 2.33. The zero-order chi connectivity index (χ0) is 26.8. The van der Waals surface area contributed by atoms with E-state index in [1.807, 2.05) is 31.3 Å². The van der Waals surface area contributed by atoms with Gasteiger partial charge in [0.15, 0.2) is 0 Å². The van der Waals surface area contributed by atoms with Gasteiger partial charge in [0.2, 0.25) is 0 Å². The van der Waals surface area contributed by atoms with E-state index in [0.29, 0.717) is 45.0 Å². The lowest BCUT2D eigenvalue weighted by molar-refractivity contribution is -0.154. The summed E-state index contributed by atoms with van der Waals surface area (Å²) in [5.74, 6) is 0.340. The quantitative estimate of drug-likeness (QED) is 0.431. The number of ether oxygens (including phenoxy) is 3. The molecule has 2 aliphatic heterocycles. The number of aryl methyl sites for hydroxylation is 2. The molecule has 0 aliphatic carbocycles. The van der Waals surface area contributed by atoms with Gasteiger partial charge in [-0.25, -0.2) is 4.98 Å². The highest BCUT2D eigenvalue weighted by molar-refractivity contribution is 5.82. The summed E-state index contributed by atoms with van der Waals surface area (Å²) in [6.45, 7) is 6.11. The van der Waals surface area contributed by atoms with E-state index in [1.54, 1.807) is 18.5 Å². The number of pyridine rings is 1. The van der Waals surface area contributed by atoms with Crippen LogP contribution in [-0.4, -0.2) is 69.9 Å². The van der Waals surface area contributed by atoms with Gasteiger partial charge < -0.3 is 28.5 Å². The number of carbonyl (C=O) groups excluding carboxylic acids is 1. The molecule has 38 heavy (non-hydrogen) atoms. The second-order valence-electron chi connectivity index (χ2n) is 10.3. The average molecular weight is 525 g/mol. The number of fused-ring (bicyclic) bond motifs is 1. The van der Waals surface area contributed by atoms with Crippen LogP contribution < -0.4 is 10.9 Å². The molecule has 0 spiro atoms. The van der Waals surface area contributed by atoms with Crippen molar-refractivity contribution in [2.24, 2.45) is 7.05 Å². The van der Waals surface area contributed by atoms with Crippen LogP contribution >= 0.6 is 0 Å². The van der Waals surface area contributed by atoms with Crippen LogP contribution in [0, 0.1) is 6.92 Å². The second kappa shape index (κ2) is 11.4. The summed E-state index contributed by atoms with van der Waals surface area (Å²) in [6.07, 6.45) is 3.09. The van der Waals surface area contributed by atoms with Crippen molar-refractivity contribution in [1.29, 1.82) is 0 Å². The lowest BCUT2D eigenvalue weighted by Crippen LogP contribution is -2.46. The maximum atomic E-state index is 12.7. The first kappa shape index (κ1) is 26.6. The van der Waals surface area contributed by atoms with Gasteiger partial charge in [0, 0.05) is 56.6 Å². The van der Waals surface area contributed by atoms with Crippen molar-refractivity contribution in [3.8, 4) is 11.4 Å². The average Bonchev–Trinajstić information content (AvgIpc) is 3.55. The molecule has 204 valence electrons. The van der Waals surface area contributed by atoms with E-state index in [9.17, 15) is 14.7 Å². The van der Waals surface area contributed by atoms with Crippen molar-refractivity contribution in [2.75, 3.05) is 26.4 Å². The molecule has 5 rings (SSSR count). The van der Waals surface area contributed by atoms with Crippen molar-refractivity contribution in [3.63, 3.8) is 0 Å². The summed E-state index contributed by atoms with van der Waals surface area (Å²) < 4.78 is 20.3. The molecule has 0 amide bonds. The molecule has 2 aromatic heterocycles. The Morgan fingerprint density at radius 3 is 2.66 bits per heavy atom. The maximum absolute atomic E-state index is 12.7. The predicted molar refractivity (Wildman–Crippen MR) is 142 cm³/mol. The third kappa shape index (κ3) is 5.54. The lowest BCUT2D eigenvalue weighted by Gasteiger charge is -2.26. The standard InChI is InChI=1S/C28H36N4O6/c1-17-12-20(15-31(3)27(17)34)26-30-23-13-19(4-5-24(23)32(26)21-6-9-36-10-7-21)14-29-25(18(2)33)28(35)38-22-8-11-37-16-22/h4-5,12-13,15,18,21-22,25,29,33H,6-11,14,16H2,1-3H3/t18-,22+,25-/m0/s1. The van der Waals surface area contributed by atoms with Crippen LogP contribution in [0.15, 0.2) is 35.3 Å². The summed E-state index contributed by atoms with van der Waals surface area (Å²) in [4.78, 5) is 30.0. The first-order chi connectivity index (χ1) is 18.3. The predicted octanol–water partition coefficient (Wildman–Crippen LogP) is 2.23. The molecular weight excluding hydrogens is 488 g/mol. The number of carbonyl (C=O) groups is 1. The van der Waals surface area contributed by atoms with E-state index in [2.05, 4.69) is 16.0 Å². The number of aliphatic hydroxyl groups excluding tert-OH is 1. The normalized spacial score (nSPS) is 20.1. The number of aromatic nitrogens is 3. The third-order valence-electron chi connectivity index (χ3n) is 7.36. The zero-order valence-corrected chi connectivity index (χ0v) is 22.2. The van der Waals surface area contributed by atoms with Gasteiger partial charge in [0.1, 0.15) is 18.0 Å². The number of imidazole rings is 1. The summed E-state index contributed by atoms with van der Waals surface area (Å²) in [7, 11) is 1.76. The number of benzene rings is 1. The smallest absolute Gasteiger partial charge is 0.326 e. The summed E-state index contributed by atoms with van der Waals surface area (Å²) in [5, 5.41) is 13.4. The fourth-order valence-electron chi connectivity index (χ4n) is 5.29. The van der Waals surface area contributed by atoms with Crippen molar-refractivity contribution >= 4 is 17.0 Å². The monoisotopic (exact) mass is 524 g/mol. The highest BCUT2D eigenvalue weighted by atomic mass is 16.6. The molecule has 4 heterocycles. The SMILES string of the molecule is Cc1cc(-c2nc3cc(CN[C@H](C(=O)O[C@@H]4CCOC4)[C@H](C)O)ccc3n2C2CCOCC2)cn(C)c1=O. The molecule has 0 bridgehead atoms. The fourth-order valence-corrected chi connectivity index (χ4v) is 5.29. The van der Waals surface area contributed by atoms with Crippen molar-refractivity contribution in [1.82, 2.24) is 19.4 Å². The number of hydrogen-bond donors (Lipinski definition) is 2. The topological polar surface area (TPSA) is 117 Å². The molecule has 2 N–H and O–H groups in total. The Kier molecular flexibility index (Phi) is 7.94. The van der Waals surface area contributed by atoms with Crippen LogP contribution in [0.5, 0.6) is 0 Å². The van der Waals surface area contributed by atoms with Gasteiger partial charge in [0.25, 0.3) is 5.56 Å². The third-order valence-corrected chi connectivity index (χ3v) is 7.36. The molecule has 2 fully saturated rings. The number of rotatable bonds is 8. The summed E-state index contributed by atoms with van der Waals surface area (Å²) in [5.41, 5.74) is 4.30. The fraction of sp³-hybridized carbons (Fsp3) is 0.536. The largest absolute Gasteiger partial charge is 0.459 e. The number of aliphatic hydroxyl groups is 1. The van der Waals surface area contributed by atoms with Crippen molar-refractivity contribution in [2.45, 2.75) is 63.9 Å². The second-order valence-corrected chi connectivity index (χ2v) is 10.3. The van der Waals surface area contributed by atoms with Gasteiger partial charge in [-0.15, -0.1) is 0 Å². The molecule has 0 radical (unpaired) electrons. The number of hydrogen-bond acceptors (Lipinski definition) is 8. The van der Waals surface area contributed by atoms with Crippen LogP contribution in [0.2, 0.25) is 0 Å². The molecule has 0 unspecified atom stereocenters. The molecule has 1 aromatic carbocycles. The molecule has 10 nitrogen and oxygen atoms in total. The highest BCUT2D eigenvalue weighted by Gasteiger charge is 2.29. The lowest BCUT2D eigenvalue weighted by atomic mass is 10.1. The Morgan fingerprint density at radius 1 is 1.21 bits per heavy atom. The summed E-state index contributed by atoms with van der Waals surface area (Å²) in [6, 6.07) is 7.35. The molecule has 3 aromatic rings. The number of nitrogens with zero attached hydrogens (tertiary/aromatic N) is 3. The summed E-state index contributed by atoms with van der Waals surface area (Å²) >= 11 is 0. The minimum absolute atomic E-state index is 0.0255. The van der Waals surface area contributed by atoms with Crippen LogP contribution in [0.25, 0.3) is 22.4 Å². The van der Waals surface area contributed by atoms with Gasteiger partial charge in [-0.05, 0) is 50.5 Å². The zero-order valence-electron chi connectivity index (χ0n) is 22.2. The molecular formula is C28H36N4O6. The Labute approximate surface area is 221 Å². The first-order valence-electron chi connectivity index (χ1n) is 13.3. The van der Waals surface area contributed by atoms with E-state index < -0.39 is 18.1 Å². The number of esters is 1. The van der Waals surface area contributed by atoms with Gasteiger partial charge >= 0.3 is 5.97 Å². The molecule has 2 saturated heterocycles. The number of nitrogens with one attached hydrogen (secondary N) is 1. The van der Waals surface area contributed by atoms with Crippen LogP contribution in [0.3, 0.4) is 0 Å². The minimum Gasteiger partial charge on any atom is -0.459 e. The van der Waals surface area contributed by atoms with Gasteiger partial charge in [-0.1, -0.05) is 6.07 Å². The van der Waals surface area contributed by atoms with Gasteiger partial charge in [-0.3, -0.25) is 14.9 Å². The first-order valence-corrected chi connectivity index (χ1v) is 13.3. The van der Waals surface area contributed by atoms with E-state index in [-0.39, 0.29) is 17.7 Å². The van der Waals surface area contributed by atoms with Crippen LogP contribution in [0.1, 0.15) is 43.4 Å². The van der Waals surface area contributed by atoms with Crippen molar-refractivity contribution < 1.29 is 24.1 Å². The van der Waals surface area contributed by atoms with Gasteiger partial charge in [0.05, 0.1) is 30.4 Å². The van der Waals surface area contributed by atoms with Crippen LogP contribution in [-0.2, 0) is 32.6 Å².